The Hall–Kier alpha value is -3.42. The molecule has 1 saturated heterocycles. The van der Waals surface area contributed by atoms with Crippen LogP contribution in [0.25, 0.3) is 0 Å². The molecule has 168 valence electrons. The van der Waals surface area contributed by atoms with E-state index in [0.717, 1.165) is 25.7 Å². The van der Waals surface area contributed by atoms with E-state index in [2.05, 4.69) is 10.6 Å². The maximum absolute atomic E-state index is 13.4. The van der Waals surface area contributed by atoms with E-state index >= 15 is 0 Å². The number of halogens is 1. The van der Waals surface area contributed by atoms with Crippen molar-refractivity contribution in [2.75, 3.05) is 12.4 Å². The number of nitrogens with zero attached hydrogens (tertiary/aromatic N) is 1. The molecule has 32 heavy (non-hydrogen) atoms. The first-order chi connectivity index (χ1) is 15.5. The van der Waals surface area contributed by atoms with Crippen molar-refractivity contribution in [3.63, 3.8) is 0 Å². The number of nitrogens with one attached hydrogen (secondary N) is 2. The molecule has 2 aromatic carbocycles. The Balaban J connectivity index is 1.58. The second kappa shape index (κ2) is 9.38. The van der Waals surface area contributed by atoms with E-state index in [9.17, 15) is 18.8 Å². The molecule has 3 atom stereocenters. The largest absolute Gasteiger partial charge is 0.497 e. The van der Waals surface area contributed by atoms with Crippen molar-refractivity contribution in [1.29, 1.82) is 0 Å². The van der Waals surface area contributed by atoms with Gasteiger partial charge in [-0.2, -0.15) is 0 Å². The van der Waals surface area contributed by atoms with Crippen LogP contribution in [0, 0.1) is 5.82 Å². The van der Waals surface area contributed by atoms with Crippen molar-refractivity contribution in [1.82, 2.24) is 10.2 Å². The van der Waals surface area contributed by atoms with Crippen LogP contribution >= 0.6 is 0 Å². The number of hydrogen-bond donors (Lipinski definition) is 2. The average Bonchev–Trinajstić information content (AvgIpc) is 2.79. The third-order valence-corrected chi connectivity index (χ3v) is 6.11. The molecule has 1 aliphatic heterocycles. The summed E-state index contributed by atoms with van der Waals surface area (Å²) < 4.78 is 18.6. The minimum atomic E-state index is -0.947. The fourth-order valence-electron chi connectivity index (χ4n) is 4.56. The molecule has 2 aromatic rings. The van der Waals surface area contributed by atoms with Crippen LogP contribution in [0.1, 0.15) is 42.5 Å². The normalized spacial score (nSPS) is 22.5. The molecule has 0 unspecified atom stereocenters. The summed E-state index contributed by atoms with van der Waals surface area (Å²) in [6.07, 6.45) is 3.26. The number of rotatable bonds is 5. The second-order valence-electron chi connectivity index (χ2n) is 8.19. The van der Waals surface area contributed by atoms with Gasteiger partial charge in [0.2, 0.25) is 11.8 Å². The zero-order chi connectivity index (χ0) is 22.7. The standard InChI is InChI=1S/C24H26FN3O4/c1-32-18-6-4-5-17(13-18)26-22(29)14-21-23(30)27-19-7-2-3-8-20(19)28(21)24(31)15-9-11-16(25)12-10-15/h4-6,9-13,19-21H,2-3,7-8,14H2,1H3,(H,26,29)(H,27,30)/t19-,20-,21-/m1/s1. The molecule has 2 aliphatic rings. The topological polar surface area (TPSA) is 87.7 Å². The van der Waals surface area contributed by atoms with Crippen LogP contribution in [0.5, 0.6) is 5.75 Å². The number of amides is 3. The number of anilines is 1. The Morgan fingerprint density at radius 3 is 2.66 bits per heavy atom. The van der Waals surface area contributed by atoms with E-state index in [0.29, 0.717) is 17.0 Å². The molecule has 0 bridgehead atoms. The fourth-order valence-corrected chi connectivity index (χ4v) is 4.56. The van der Waals surface area contributed by atoms with E-state index in [1.807, 2.05) is 0 Å². The average molecular weight is 439 g/mol. The van der Waals surface area contributed by atoms with Gasteiger partial charge < -0.3 is 20.3 Å². The van der Waals surface area contributed by atoms with E-state index in [4.69, 9.17) is 4.74 Å². The first kappa shape index (κ1) is 21.8. The number of ether oxygens (including phenoxy) is 1. The van der Waals surface area contributed by atoms with Gasteiger partial charge in [0, 0.05) is 23.4 Å². The maximum atomic E-state index is 13.4. The number of benzene rings is 2. The summed E-state index contributed by atoms with van der Waals surface area (Å²) in [7, 11) is 1.53. The smallest absolute Gasteiger partial charge is 0.254 e. The Labute approximate surface area is 185 Å². The number of hydrogen-bond acceptors (Lipinski definition) is 4. The van der Waals surface area contributed by atoms with Crippen molar-refractivity contribution >= 4 is 23.4 Å². The summed E-state index contributed by atoms with van der Waals surface area (Å²) in [5.74, 6) is -0.941. The van der Waals surface area contributed by atoms with Gasteiger partial charge >= 0.3 is 0 Å². The summed E-state index contributed by atoms with van der Waals surface area (Å²) in [4.78, 5) is 40.8. The minimum absolute atomic E-state index is 0.140. The number of fused-ring (bicyclic) bond motifs is 1. The SMILES string of the molecule is COc1cccc(NC(=O)C[C@@H]2C(=O)N[C@@H]3CCCC[C@H]3N2C(=O)c2ccc(F)cc2)c1. The summed E-state index contributed by atoms with van der Waals surface area (Å²) >= 11 is 0. The van der Waals surface area contributed by atoms with E-state index in [1.54, 1.807) is 29.2 Å². The fraction of sp³-hybridized carbons (Fsp3) is 0.375. The quantitative estimate of drug-likeness (QED) is 0.750. The molecule has 0 spiro atoms. The van der Waals surface area contributed by atoms with Crippen LogP contribution < -0.4 is 15.4 Å². The molecule has 8 heteroatoms. The summed E-state index contributed by atoms with van der Waals surface area (Å²) in [6.45, 7) is 0. The lowest BCUT2D eigenvalue weighted by Gasteiger charge is -2.48. The zero-order valence-corrected chi connectivity index (χ0v) is 17.8. The van der Waals surface area contributed by atoms with Crippen LogP contribution in [-0.4, -0.2) is 47.9 Å². The molecule has 1 heterocycles. The van der Waals surface area contributed by atoms with Crippen molar-refractivity contribution in [3.05, 3.63) is 59.9 Å². The molecule has 1 saturated carbocycles. The van der Waals surface area contributed by atoms with Gasteiger partial charge in [-0.1, -0.05) is 18.9 Å². The van der Waals surface area contributed by atoms with E-state index < -0.39 is 11.9 Å². The predicted molar refractivity (Wildman–Crippen MR) is 117 cm³/mol. The van der Waals surface area contributed by atoms with Crippen molar-refractivity contribution in [3.8, 4) is 5.75 Å². The Bertz CT molecular complexity index is 1010. The molecule has 7 nitrogen and oxygen atoms in total. The van der Waals surface area contributed by atoms with E-state index in [1.165, 1.54) is 31.4 Å². The molecular formula is C24H26FN3O4. The molecular weight excluding hydrogens is 413 g/mol. The van der Waals surface area contributed by atoms with Crippen LogP contribution in [0.4, 0.5) is 10.1 Å². The Morgan fingerprint density at radius 2 is 1.91 bits per heavy atom. The summed E-state index contributed by atoms with van der Waals surface area (Å²) in [5.41, 5.74) is 0.834. The van der Waals surface area contributed by atoms with Crippen molar-refractivity contribution < 1.29 is 23.5 Å². The first-order valence-electron chi connectivity index (χ1n) is 10.8. The molecule has 4 rings (SSSR count). The lowest BCUT2D eigenvalue weighted by atomic mass is 9.84. The van der Waals surface area contributed by atoms with Gasteiger partial charge in [-0.15, -0.1) is 0 Å². The lowest BCUT2D eigenvalue weighted by molar-refractivity contribution is -0.135. The third-order valence-electron chi connectivity index (χ3n) is 6.11. The molecule has 3 amide bonds. The maximum Gasteiger partial charge on any atom is 0.254 e. The third kappa shape index (κ3) is 4.59. The summed E-state index contributed by atoms with van der Waals surface area (Å²) in [6, 6.07) is 10.9. The van der Waals surface area contributed by atoms with Crippen molar-refractivity contribution in [2.45, 2.75) is 50.2 Å². The molecule has 2 N–H and O–H groups in total. The number of carbonyl (C=O) groups is 3. The van der Waals surface area contributed by atoms with Crippen LogP contribution in [-0.2, 0) is 9.59 Å². The number of carbonyl (C=O) groups excluding carboxylic acids is 3. The monoisotopic (exact) mass is 439 g/mol. The van der Waals surface area contributed by atoms with Gasteiger partial charge in [-0.3, -0.25) is 14.4 Å². The first-order valence-corrected chi connectivity index (χ1v) is 10.8. The van der Waals surface area contributed by atoms with Gasteiger partial charge in [0.15, 0.2) is 0 Å². The van der Waals surface area contributed by atoms with Gasteiger partial charge in [-0.05, 0) is 49.2 Å². The van der Waals surface area contributed by atoms with Gasteiger partial charge in [0.05, 0.1) is 19.6 Å². The zero-order valence-electron chi connectivity index (χ0n) is 17.8. The highest BCUT2D eigenvalue weighted by atomic mass is 19.1. The Morgan fingerprint density at radius 1 is 1.16 bits per heavy atom. The van der Waals surface area contributed by atoms with Crippen LogP contribution in [0.3, 0.4) is 0 Å². The molecule has 0 radical (unpaired) electrons. The minimum Gasteiger partial charge on any atom is -0.497 e. The number of methoxy groups -OCH3 is 1. The van der Waals surface area contributed by atoms with Crippen LogP contribution in [0.15, 0.2) is 48.5 Å². The Kier molecular flexibility index (Phi) is 6.39. The molecule has 0 aromatic heterocycles. The van der Waals surface area contributed by atoms with Gasteiger partial charge in [0.25, 0.3) is 5.91 Å². The predicted octanol–water partition coefficient (Wildman–Crippen LogP) is 3.11. The molecule has 2 fully saturated rings. The second-order valence-corrected chi connectivity index (χ2v) is 8.19. The lowest BCUT2D eigenvalue weighted by Crippen LogP contribution is -2.68. The molecule has 1 aliphatic carbocycles. The number of piperazine rings is 1. The highest BCUT2D eigenvalue weighted by Gasteiger charge is 2.46. The highest BCUT2D eigenvalue weighted by Crippen LogP contribution is 2.31. The van der Waals surface area contributed by atoms with Crippen molar-refractivity contribution in [2.24, 2.45) is 0 Å². The van der Waals surface area contributed by atoms with Crippen LogP contribution in [0.2, 0.25) is 0 Å². The summed E-state index contributed by atoms with van der Waals surface area (Å²) in [5, 5.41) is 5.79. The van der Waals surface area contributed by atoms with Gasteiger partial charge in [-0.25, -0.2) is 4.39 Å². The highest BCUT2D eigenvalue weighted by molar-refractivity contribution is 6.01. The van der Waals surface area contributed by atoms with Gasteiger partial charge in [0.1, 0.15) is 17.6 Å². The van der Waals surface area contributed by atoms with E-state index in [-0.39, 0.29) is 36.2 Å².